The second kappa shape index (κ2) is 10.8. The molecule has 0 spiro atoms. The quantitative estimate of drug-likeness (QED) is 0.491. The number of carbonyl (C=O) groups excluding carboxylic acids is 1. The second-order valence-electron chi connectivity index (χ2n) is 8.53. The Morgan fingerprint density at radius 3 is 1.84 bits per heavy atom. The first-order chi connectivity index (χ1) is 17.1. The minimum atomic E-state index is -4.47. The van der Waals surface area contributed by atoms with Gasteiger partial charge >= 0.3 is 6.18 Å². The monoisotopic (exact) mass is 564 g/mol. The van der Waals surface area contributed by atoms with E-state index in [0.29, 0.717) is 0 Å². The van der Waals surface area contributed by atoms with Crippen molar-refractivity contribution in [3.05, 3.63) is 54.1 Å². The number of halogens is 3. The van der Waals surface area contributed by atoms with Crippen molar-refractivity contribution in [3.63, 3.8) is 0 Å². The Balaban J connectivity index is 1.75. The molecule has 2 aromatic rings. The number of anilines is 1. The van der Waals surface area contributed by atoms with Crippen molar-refractivity contribution in [2.24, 2.45) is 5.73 Å². The number of nitrogens with zero attached hydrogens (tertiary/aromatic N) is 3. The van der Waals surface area contributed by atoms with Gasteiger partial charge in [-0.25, -0.2) is 16.8 Å². The third kappa shape index (κ3) is 7.56. The minimum absolute atomic E-state index is 0.136. The number of hydrogen-bond donors (Lipinski definition) is 1. The lowest BCUT2D eigenvalue weighted by Crippen LogP contribution is -2.58. The molecule has 0 unspecified atom stereocenters. The van der Waals surface area contributed by atoms with E-state index in [4.69, 9.17) is 10.5 Å². The van der Waals surface area contributed by atoms with Crippen LogP contribution >= 0.6 is 0 Å². The highest BCUT2D eigenvalue weighted by atomic mass is 32.2. The summed E-state index contributed by atoms with van der Waals surface area (Å²) in [5.41, 5.74) is 4.97. The van der Waals surface area contributed by atoms with Crippen molar-refractivity contribution in [1.29, 1.82) is 0 Å². The summed E-state index contributed by atoms with van der Waals surface area (Å²) in [6.45, 7) is 0.359. The van der Waals surface area contributed by atoms with E-state index in [1.165, 1.54) is 40.7 Å². The van der Waals surface area contributed by atoms with E-state index in [1.54, 1.807) is 4.90 Å². The third-order valence-corrected chi connectivity index (χ3v) is 8.26. The topological polar surface area (TPSA) is 130 Å². The van der Waals surface area contributed by atoms with Crippen LogP contribution in [0.4, 0.5) is 18.9 Å². The van der Waals surface area contributed by atoms with E-state index in [2.05, 4.69) is 0 Å². The van der Waals surface area contributed by atoms with Gasteiger partial charge in [0.1, 0.15) is 17.5 Å². The molecule has 204 valence electrons. The minimum Gasteiger partial charge on any atom is -0.457 e. The van der Waals surface area contributed by atoms with Crippen LogP contribution < -0.4 is 14.8 Å². The van der Waals surface area contributed by atoms with Gasteiger partial charge in [-0.15, -0.1) is 0 Å². The van der Waals surface area contributed by atoms with Gasteiger partial charge in [0.2, 0.25) is 26.0 Å². The molecule has 0 saturated carbocycles. The van der Waals surface area contributed by atoms with E-state index < -0.39 is 43.7 Å². The largest absolute Gasteiger partial charge is 0.457 e. The van der Waals surface area contributed by atoms with Gasteiger partial charge in [-0.05, 0) is 48.5 Å². The Morgan fingerprint density at radius 1 is 0.946 bits per heavy atom. The summed E-state index contributed by atoms with van der Waals surface area (Å²) >= 11 is 0. The maximum Gasteiger partial charge on any atom is 0.416 e. The third-order valence-electron chi connectivity index (χ3n) is 5.79. The average Bonchev–Trinajstić information content (AvgIpc) is 2.79. The summed E-state index contributed by atoms with van der Waals surface area (Å²) < 4.78 is 94.7. The molecule has 0 aromatic heterocycles. The molecule has 1 fully saturated rings. The molecule has 1 aliphatic rings. The summed E-state index contributed by atoms with van der Waals surface area (Å²) in [6.07, 6.45) is -2.41. The Labute approximate surface area is 213 Å². The van der Waals surface area contributed by atoms with Gasteiger partial charge in [0, 0.05) is 26.2 Å². The van der Waals surface area contributed by atoms with E-state index in [1.807, 2.05) is 0 Å². The maximum atomic E-state index is 12.7. The zero-order valence-electron chi connectivity index (χ0n) is 20.1. The molecule has 0 radical (unpaired) electrons. The smallest absolute Gasteiger partial charge is 0.416 e. The summed E-state index contributed by atoms with van der Waals surface area (Å²) in [6, 6.07) is 8.83. The van der Waals surface area contributed by atoms with Crippen molar-refractivity contribution in [2.75, 3.05) is 49.5 Å². The van der Waals surface area contributed by atoms with Crippen molar-refractivity contribution >= 4 is 31.6 Å². The molecule has 1 atom stereocenters. The molecule has 1 aliphatic heterocycles. The summed E-state index contributed by atoms with van der Waals surface area (Å²) in [5, 5.41) is 0. The Bertz CT molecular complexity index is 1310. The number of primary amides is 1. The number of hydrogen-bond acceptors (Lipinski definition) is 7. The number of carbonyl (C=O) groups is 1. The van der Waals surface area contributed by atoms with Crippen LogP contribution in [-0.4, -0.2) is 83.2 Å². The highest BCUT2D eigenvalue weighted by Gasteiger charge is 2.34. The molecule has 37 heavy (non-hydrogen) atoms. The zero-order valence-corrected chi connectivity index (χ0v) is 21.7. The molecule has 1 amide bonds. The van der Waals surface area contributed by atoms with Crippen LogP contribution in [0.3, 0.4) is 0 Å². The SMILES string of the molecule is CS(=O)(=O)N1CCN([C@@H](CN(c2ccc(Oc3ccc(C(F)(F)F)cc3)cc2)S(C)(=O)=O)C(N)=O)CC1. The number of alkyl halides is 3. The molecule has 0 bridgehead atoms. The lowest BCUT2D eigenvalue weighted by atomic mass is 10.2. The number of piperazine rings is 1. The first kappa shape index (κ1) is 28.7. The van der Waals surface area contributed by atoms with Crippen LogP contribution in [0.1, 0.15) is 5.56 Å². The maximum absolute atomic E-state index is 12.7. The fourth-order valence-corrected chi connectivity index (χ4v) is 5.59. The number of benzene rings is 2. The predicted octanol–water partition coefficient (Wildman–Crippen LogP) is 1.69. The van der Waals surface area contributed by atoms with Gasteiger partial charge < -0.3 is 10.5 Å². The number of nitrogens with two attached hydrogens (primary N) is 1. The van der Waals surface area contributed by atoms with Crippen molar-refractivity contribution in [1.82, 2.24) is 9.21 Å². The Kier molecular flexibility index (Phi) is 8.41. The molecular formula is C22H27F3N4O6S2. The van der Waals surface area contributed by atoms with E-state index in [9.17, 15) is 34.8 Å². The van der Waals surface area contributed by atoms with Gasteiger partial charge in [-0.2, -0.15) is 17.5 Å². The second-order valence-corrected chi connectivity index (χ2v) is 12.4. The summed E-state index contributed by atoms with van der Waals surface area (Å²) in [7, 11) is -7.26. The normalized spacial score (nSPS) is 16.8. The predicted molar refractivity (Wildman–Crippen MR) is 131 cm³/mol. The van der Waals surface area contributed by atoms with Crippen LogP contribution in [0, 0.1) is 0 Å². The van der Waals surface area contributed by atoms with Gasteiger partial charge in [0.25, 0.3) is 0 Å². The van der Waals surface area contributed by atoms with Crippen molar-refractivity contribution < 1.29 is 39.5 Å². The fraction of sp³-hybridized carbons (Fsp3) is 0.409. The van der Waals surface area contributed by atoms with E-state index in [0.717, 1.165) is 28.9 Å². The fourth-order valence-electron chi connectivity index (χ4n) is 3.85. The molecule has 0 aliphatic carbocycles. The summed E-state index contributed by atoms with van der Waals surface area (Å²) in [4.78, 5) is 13.9. The van der Waals surface area contributed by atoms with E-state index in [-0.39, 0.29) is 49.9 Å². The first-order valence-electron chi connectivity index (χ1n) is 11.0. The number of sulfonamides is 2. The highest BCUT2D eigenvalue weighted by Crippen LogP contribution is 2.32. The first-order valence-corrected chi connectivity index (χ1v) is 14.7. The van der Waals surface area contributed by atoms with Crippen LogP contribution in [-0.2, 0) is 31.0 Å². The van der Waals surface area contributed by atoms with Crippen LogP contribution in [0.5, 0.6) is 11.5 Å². The van der Waals surface area contributed by atoms with E-state index >= 15 is 0 Å². The standard InChI is InChI=1S/C22H27F3N4O6S2/c1-36(31,32)28-13-11-27(12-14-28)20(21(26)30)15-29(37(2,33)34)17-5-9-19(10-6-17)35-18-7-3-16(4-8-18)22(23,24)25/h3-10,20H,11-15H2,1-2H3,(H2,26,30)/t20-/m0/s1. The molecule has 1 heterocycles. The van der Waals surface area contributed by atoms with Crippen LogP contribution in [0.2, 0.25) is 0 Å². The molecule has 3 rings (SSSR count). The van der Waals surface area contributed by atoms with Crippen molar-refractivity contribution in [3.8, 4) is 11.5 Å². The average molecular weight is 565 g/mol. The van der Waals surface area contributed by atoms with Gasteiger partial charge in [0.15, 0.2) is 0 Å². The summed E-state index contributed by atoms with van der Waals surface area (Å²) in [5.74, 6) is -0.355. The Morgan fingerprint density at radius 2 is 1.43 bits per heavy atom. The zero-order chi connectivity index (χ0) is 27.6. The number of rotatable bonds is 9. The molecule has 1 saturated heterocycles. The molecular weight excluding hydrogens is 537 g/mol. The van der Waals surface area contributed by atoms with Gasteiger partial charge in [-0.3, -0.25) is 14.0 Å². The molecule has 10 nitrogen and oxygen atoms in total. The van der Waals surface area contributed by atoms with Gasteiger partial charge in [0.05, 0.1) is 30.3 Å². The lowest BCUT2D eigenvalue weighted by molar-refractivity contribution is -0.137. The van der Waals surface area contributed by atoms with Crippen molar-refractivity contribution in [2.45, 2.75) is 12.2 Å². The lowest BCUT2D eigenvalue weighted by Gasteiger charge is -2.38. The van der Waals surface area contributed by atoms with Gasteiger partial charge in [-0.1, -0.05) is 0 Å². The number of ether oxygens (including phenoxy) is 1. The molecule has 2 N–H and O–H groups in total. The Hall–Kier alpha value is -2.88. The molecule has 2 aromatic carbocycles. The highest BCUT2D eigenvalue weighted by molar-refractivity contribution is 7.92. The number of amides is 1. The van der Waals surface area contributed by atoms with Crippen LogP contribution in [0.25, 0.3) is 0 Å². The molecule has 15 heteroatoms. The van der Waals surface area contributed by atoms with Crippen LogP contribution in [0.15, 0.2) is 48.5 Å².